The van der Waals surface area contributed by atoms with Gasteiger partial charge in [-0.05, 0) is 24.5 Å². The van der Waals surface area contributed by atoms with Gasteiger partial charge in [0.25, 0.3) is 0 Å². The molecule has 0 amide bonds. The molecule has 2 rings (SSSR count). The van der Waals surface area contributed by atoms with E-state index < -0.39 is 0 Å². The van der Waals surface area contributed by atoms with Crippen LogP contribution in [0.2, 0.25) is 0 Å². The van der Waals surface area contributed by atoms with Gasteiger partial charge in [-0.3, -0.25) is 15.1 Å². The average molecular weight is 248 g/mol. The second-order valence-corrected chi connectivity index (χ2v) is 5.10. The Morgan fingerprint density at radius 1 is 1.50 bits per heavy atom. The molecule has 1 aromatic rings. The Morgan fingerprint density at radius 3 is 2.83 bits per heavy atom. The Morgan fingerprint density at radius 2 is 2.28 bits per heavy atom. The predicted octanol–water partition coefficient (Wildman–Crippen LogP) is 1.99. The van der Waals surface area contributed by atoms with Gasteiger partial charge in [-0.25, -0.2) is 0 Å². The molecule has 4 nitrogen and oxygen atoms in total. The first kappa shape index (κ1) is 13.0. The fourth-order valence-electron chi connectivity index (χ4n) is 2.27. The number of rotatable bonds is 4. The minimum Gasteiger partial charge on any atom is -0.464 e. The van der Waals surface area contributed by atoms with Crippen LogP contribution < -0.4 is 5.32 Å². The number of cyclic esters (lactones) is 1. The highest BCUT2D eigenvalue weighted by Gasteiger charge is 2.31. The molecule has 0 bridgehead atoms. The maximum Gasteiger partial charge on any atom is 0.323 e. The van der Waals surface area contributed by atoms with E-state index in [1.165, 1.54) is 0 Å². The van der Waals surface area contributed by atoms with Crippen LogP contribution in [0.5, 0.6) is 0 Å². The van der Waals surface area contributed by atoms with Gasteiger partial charge in [0, 0.05) is 12.6 Å². The Balaban J connectivity index is 2.19. The topological polar surface area (TPSA) is 51.2 Å². The maximum atomic E-state index is 11.5. The van der Waals surface area contributed by atoms with E-state index in [9.17, 15) is 4.79 Å². The third-order valence-electron chi connectivity index (χ3n) is 3.33. The van der Waals surface area contributed by atoms with Crippen molar-refractivity contribution in [3.05, 3.63) is 29.6 Å². The molecule has 2 heterocycles. The van der Waals surface area contributed by atoms with Gasteiger partial charge in [0.1, 0.15) is 6.04 Å². The number of esters is 1. The molecule has 1 saturated heterocycles. The van der Waals surface area contributed by atoms with E-state index in [0.29, 0.717) is 12.5 Å². The molecule has 0 radical (unpaired) electrons. The first-order valence-electron chi connectivity index (χ1n) is 6.44. The van der Waals surface area contributed by atoms with Crippen LogP contribution in [0.3, 0.4) is 0 Å². The molecule has 4 heteroatoms. The van der Waals surface area contributed by atoms with Crippen LogP contribution in [0.1, 0.15) is 37.6 Å². The zero-order valence-corrected chi connectivity index (χ0v) is 11.1. The Bertz CT molecular complexity index is 432. The van der Waals surface area contributed by atoms with E-state index in [-0.39, 0.29) is 18.1 Å². The van der Waals surface area contributed by atoms with Crippen molar-refractivity contribution in [1.29, 1.82) is 0 Å². The minimum atomic E-state index is -0.196. The van der Waals surface area contributed by atoms with Gasteiger partial charge in [-0.1, -0.05) is 19.9 Å². The number of nitrogens with zero attached hydrogens (tertiary/aromatic N) is 1. The van der Waals surface area contributed by atoms with Crippen LogP contribution in [-0.2, 0) is 9.53 Å². The molecular weight excluding hydrogens is 228 g/mol. The van der Waals surface area contributed by atoms with Crippen LogP contribution in [-0.4, -0.2) is 23.6 Å². The largest absolute Gasteiger partial charge is 0.464 e. The van der Waals surface area contributed by atoms with Crippen LogP contribution in [0.15, 0.2) is 18.3 Å². The molecule has 0 unspecified atom stereocenters. The molecule has 1 aliphatic rings. The number of aromatic nitrogens is 1. The number of ether oxygens (including phenoxy) is 1. The summed E-state index contributed by atoms with van der Waals surface area (Å²) in [4.78, 5) is 16.0. The van der Waals surface area contributed by atoms with Crippen molar-refractivity contribution < 1.29 is 9.53 Å². The summed E-state index contributed by atoms with van der Waals surface area (Å²) in [5, 5.41) is 3.39. The molecule has 1 fully saturated rings. The van der Waals surface area contributed by atoms with Gasteiger partial charge in [0.2, 0.25) is 0 Å². The number of hydrogen-bond donors (Lipinski definition) is 1. The molecule has 0 spiro atoms. The zero-order valence-electron chi connectivity index (χ0n) is 11.1. The SMILES string of the molecule is Cc1cccnc1[C@H](N[C@H]1CCOC1=O)C(C)C. The van der Waals surface area contributed by atoms with Crippen LogP contribution in [0, 0.1) is 12.8 Å². The molecule has 18 heavy (non-hydrogen) atoms. The lowest BCUT2D eigenvalue weighted by Gasteiger charge is -2.25. The molecule has 0 aromatic carbocycles. The van der Waals surface area contributed by atoms with E-state index >= 15 is 0 Å². The summed E-state index contributed by atoms with van der Waals surface area (Å²) in [7, 11) is 0. The summed E-state index contributed by atoms with van der Waals surface area (Å²) >= 11 is 0. The van der Waals surface area contributed by atoms with Crippen molar-refractivity contribution in [2.75, 3.05) is 6.61 Å². The standard InChI is InChI=1S/C14H20N2O2/c1-9(2)12(13-10(3)5-4-7-15-13)16-11-6-8-18-14(11)17/h4-5,7,9,11-12,16H,6,8H2,1-3H3/t11-,12+/m0/s1. The third-order valence-corrected chi connectivity index (χ3v) is 3.33. The highest BCUT2D eigenvalue weighted by Crippen LogP contribution is 2.24. The molecule has 98 valence electrons. The molecule has 2 atom stereocenters. The highest BCUT2D eigenvalue weighted by molar-refractivity contribution is 5.77. The second-order valence-electron chi connectivity index (χ2n) is 5.10. The monoisotopic (exact) mass is 248 g/mol. The molecule has 1 N–H and O–H groups in total. The number of carbonyl (C=O) groups is 1. The van der Waals surface area contributed by atoms with Crippen molar-refractivity contribution in [1.82, 2.24) is 10.3 Å². The quantitative estimate of drug-likeness (QED) is 0.828. The van der Waals surface area contributed by atoms with Gasteiger partial charge >= 0.3 is 5.97 Å². The van der Waals surface area contributed by atoms with E-state index in [4.69, 9.17) is 4.74 Å². The Hall–Kier alpha value is -1.42. The smallest absolute Gasteiger partial charge is 0.323 e. The fraction of sp³-hybridized carbons (Fsp3) is 0.571. The van der Waals surface area contributed by atoms with Gasteiger partial charge in [0.15, 0.2) is 0 Å². The lowest BCUT2D eigenvalue weighted by molar-refractivity contribution is -0.139. The van der Waals surface area contributed by atoms with Crippen LogP contribution in [0.25, 0.3) is 0 Å². The normalized spacial score (nSPS) is 21.1. The van der Waals surface area contributed by atoms with E-state index in [1.807, 2.05) is 19.1 Å². The molecule has 0 saturated carbocycles. The second kappa shape index (κ2) is 5.48. The number of carbonyl (C=O) groups excluding carboxylic acids is 1. The Kier molecular flexibility index (Phi) is 3.97. The summed E-state index contributed by atoms with van der Waals surface area (Å²) in [5.41, 5.74) is 2.17. The number of pyridine rings is 1. The summed E-state index contributed by atoms with van der Waals surface area (Å²) in [6, 6.07) is 3.87. The molecule has 0 aliphatic carbocycles. The summed E-state index contributed by atoms with van der Waals surface area (Å²) < 4.78 is 4.99. The van der Waals surface area contributed by atoms with Crippen molar-refractivity contribution in [3.63, 3.8) is 0 Å². The predicted molar refractivity (Wildman–Crippen MR) is 69.1 cm³/mol. The van der Waals surface area contributed by atoms with Gasteiger partial charge in [-0.15, -0.1) is 0 Å². The Labute approximate surface area is 108 Å². The summed E-state index contributed by atoms with van der Waals surface area (Å²) in [5.74, 6) is 0.223. The van der Waals surface area contributed by atoms with Gasteiger partial charge in [-0.2, -0.15) is 0 Å². The fourth-order valence-corrected chi connectivity index (χ4v) is 2.27. The van der Waals surface area contributed by atoms with Crippen molar-refractivity contribution in [2.45, 2.75) is 39.3 Å². The number of hydrogen-bond acceptors (Lipinski definition) is 4. The van der Waals surface area contributed by atoms with E-state index in [2.05, 4.69) is 24.1 Å². The molecular formula is C14H20N2O2. The van der Waals surface area contributed by atoms with Crippen LogP contribution >= 0.6 is 0 Å². The van der Waals surface area contributed by atoms with Crippen molar-refractivity contribution >= 4 is 5.97 Å². The first-order valence-corrected chi connectivity index (χ1v) is 6.44. The maximum absolute atomic E-state index is 11.5. The molecule has 1 aliphatic heterocycles. The minimum absolute atomic E-state index is 0.0850. The van der Waals surface area contributed by atoms with Crippen molar-refractivity contribution in [2.24, 2.45) is 5.92 Å². The average Bonchev–Trinajstić information content (AvgIpc) is 2.73. The zero-order chi connectivity index (χ0) is 13.1. The van der Waals surface area contributed by atoms with Crippen molar-refractivity contribution in [3.8, 4) is 0 Å². The molecule has 1 aromatic heterocycles. The van der Waals surface area contributed by atoms with Crippen LogP contribution in [0.4, 0.5) is 0 Å². The summed E-state index contributed by atoms with van der Waals surface area (Å²) in [6.07, 6.45) is 2.54. The summed E-state index contributed by atoms with van der Waals surface area (Å²) in [6.45, 7) is 6.83. The van der Waals surface area contributed by atoms with E-state index in [0.717, 1.165) is 17.7 Å². The number of nitrogens with one attached hydrogen (secondary N) is 1. The highest BCUT2D eigenvalue weighted by atomic mass is 16.5. The first-order chi connectivity index (χ1) is 8.59. The third kappa shape index (κ3) is 2.70. The number of aryl methyl sites for hydroxylation is 1. The van der Waals surface area contributed by atoms with Gasteiger partial charge < -0.3 is 4.74 Å². The lowest BCUT2D eigenvalue weighted by atomic mass is 9.96. The van der Waals surface area contributed by atoms with Gasteiger partial charge in [0.05, 0.1) is 18.3 Å². The lowest BCUT2D eigenvalue weighted by Crippen LogP contribution is -2.39. The van der Waals surface area contributed by atoms with E-state index in [1.54, 1.807) is 6.20 Å².